The van der Waals surface area contributed by atoms with Crippen molar-refractivity contribution in [2.75, 3.05) is 0 Å². The van der Waals surface area contributed by atoms with E-state index >= 15 is 0 Å². The highest BCUT2D eigenvalue weighted by Gasteiger charge is 2.27. The molecule has 0 atom stereocenters. The third kappa shape index (κ3) is 1.67. The van der Waals surface area contributed by atoms with Crippen molar-refractivity contribution in [2.24, 2.45) is 0 Å². The van der Waals surface area contributed by atoms with Crippen LogP contribution in [0.1, 0.15) is 36.4 Å². The zero-order chi connectivity index (χ0) is 11.8. The van der Waals surface area contributed by atoms with E-state index in [1.807, 2.05) is 6.20 Å². The van der Waals surface area contributed by atoms with Gasteiger partial charge in [-0.1, -0.05) is 6.42 Å². The summed E-state index contributed by atoms with van der Waals surface area (Å²) in [7, 11) is 0. The Kier molecular flexibility index (Phi) is 2.31. The lowest BCUT2D eigenvalue weighted by molar-refractivity contribution is -0.136. The second-order valence-electron chi connectivity index (χ2n) is 4.45. The van der Waals surface area contributed by atoms with Crippen LogP contribution >= 0.6 is 0 Å². The van der Waals surface area contributed by atoms with E-state index in [1.165, 1.54) is 6.42 Å². The standard InChI is InChI=1S/C12H13N3O2/c16-10(17)7-9-11(8-3-1-4-8)14-15-6-2-5-13-12(9)15/h2,5-6,8H,1,3-4,7H2,(H,16,17). The number of carboxylic acids is 1. The quantitative estimate of drug-likeness (QED) is 0.871. The van der Waals surface area contributed by atoms with Crippen LogP contribution in [-0.2, 0) is 11.2 Å². The van der Waals surface area contributed by atoms with Gasteiger partial charge < -0.3 is 5.11 Å². The second kappa shape index (κ2) is 3.84. The zero-order valence-corrected chi connectivity index (χ0v) is 9.33. The molecule has 0 unspecified atom stereocenters. The van der Waals surface area contributed by atoms with Crippen molar-refractivity contribution >= 4 is 11.6 Å². The van der Waals surface area contributed by atoms with Crippen LogP contribution in [0, 0.1) is 0 Å². The van der Waals surface area contributed by atoms with Gasteiger partial charge in [0.1, 0.15) is 0 Å². The molecule has 2 aromatic rings. The van der Waals surface area contributed by atoms with E-state index in [9.17, 15) is 4.79 Å². The molecule has 17 heavy (non-hydrogen) atoms. The fourth-order valence-electron chi connectivity index (χ4n) is 2.28. The van der Waals surface area contributed by atoms with E-state index < -0.39 is 5.97 Å². The van der Waals surface area contributed by atoms with Gasteiger partial charge in [-0.15, -0.1) is 0 Å². The number of rotatable bonds is 3. The number of hydrogen-bond donors (Lipinski definition) is 1. The highest BCUT2D eigenvalue weighted by atomic mass is 16.4. The average molecular weight is 231 g/mol. The third-order valence-corrected chi connectivity index (χ3v) is 3.34. The van der Waals surface area contributed by atoms with Gasteiger partial charge in [-0.05, 0) is 18.9 Å². The summed E-state index contributed by atoms with van der Waals surface area (Å²) in [5.41, 5.74) is 2.39. The predicted octanol–water partition coefficient (Wildman–Crippen LogP) is 1.62. The van der Waals surface area contributed by atoms with Crippen molar-refractivity contribution < 1.29 is 9.90 Å². The molecular weight excluding hydrogens is 218 g/mol. The molecule has 5 nitrogen and oxygen atoms in total. The minimum Gasteiger partial charge on any atom is -0.481 e. The van der Waals surface area contributed by atoms with E-state index in [4.69, 9.17) is 5.11 Å². The summed E-state index contributed by atoms with van der Waals surface area (Å²) in [6.45, 7) is 0. The van der Waals surface area contributed by atoms with Crippen LogP contribution in [0.4, 0.5) is 0 Å². The summed E-state index contributed by atoms with van der Waals surface area (Å²) in [5.74, 6) is -0.405. The van der Waals surface area contributed by atoms with Crippen LogP contribution < -0.4 is 0 Å². The predicted molar refractivity (Wildman–Crippen MR) is 60.9 cm³/mol. The summed E-state index contributed by atoms with van der Waals surface area (Å²) < 4.78 is 1.69. The Labute approximate surface area is 98.1 Å². The molecular formula is C12H13N3O2. The lowest BCUT2D eigenvalue weighted by Gasteiger charge is -2.24. The molecule has 2 aromatic heterocycles. The van der Waals surface area contributed by atoms with E-state index in [-0.39, 0.29) is 6.42 Å². The Balaban J connectivity index is 2.14. The summed E-state index contributed by atoms with van der Waals surface area (Å²) in [6.07, 6.45) is 6.92. The number of hydrogen-bond acceptors (Lipinski definition) is 3. The van der Waals surface area contributed by atoms with Gasteiger partial charge in [0.25, 0.3) is 0 Å². The highest BCUT2D eigenvalue weighted by Crippen LogP contribution is 2.38. The van der Waals surface area contributed by atoms with Gasteiger partial charge in [-0.2, -0.15) is 5.10 Å². The molecule has 0 radical (unpaired) electrons. The zero-order valence-electron chi connectivity index (χ0n) is 9.33. The number of nitrogens with zero attached hydrogens (tertiary/aromatic N) is 3. The molecule has 1 fully saturated rings. The smallest absolute Gasteiger partial charge is 0.308 e. The first-order chi connectivity index (χ1) is 8.25. The van der Waals surface area contributed by atoms with Gasteiger partial charge in [0, 0.05) is 23.9 Å². The minimum atomic E-state index is -0.828. The van der Waals surface area contributed by atoms with Gasteiger partial charge in [-0.3, -0.25) is 4.79 Å². The molecule has 0 bridgehead atoms. The van der Waals surface area contributed by atoms with Crippen molar-refractivity contribution in [3.63, 3.8) is 0 Å². The average Bonchev–Trinajstić information content (AvgIpc) is 2.55. The van der Waals surface area contributed by atoms with Gasteiger partial charge in [-0.25, -0.2) is 9.50 Å². The fourth-order valence-corrected chi connectivity index (χ4v) is 2.28. The Morgan fingerprint density at radius 3 is 3.00 bits per heavy atom. The van der Waals surface area contributed by atoms with Crippen LogP contribution in [-0.4, -0.2) is 25.7 Å². The summed E-state index contributed by atoms with van der Waals surface area (Å²) in [5, 5.41) is 13.5. The van der Waals surface area contributed by atoms with Gasteiger partial charge in [0.15, 0.2) is 5.65 Å². The molecule has 1 saturated carbocycles. The lowest BCUT2D eigenvalue weighted by atomic mass is 9.81. The monoisotopic (exact) mass is 231 g/mol. The van der Waals surface area contributed by atoms with Gasteiger partial charge >= 0.3 is 5.97 Å². The molecule has 0 spiro atoms. The molecule has 0 saturated heterocycles. The molecule has 0 aliphatic heterocycles. The molecule has 3 rings (SSSR count). The summed E-state index contributed by atoms with van der Waals surface area (Å²) in [4.78, 5) is 15.2. The van der Waals surface area contributed by atoms with Crippen LogP contribution in [0.5, 0.6) is 0 Å². The Hall–Kier alpha value is -1.91. The number of aromatic nitrogens is 3. The Bertz CT molecular complexity index is 572. The van der Waals surface area contributed by atoms with Gasteiger partial charge in [0.2, 0.25) is 0 Å². The maximum atomic E-state index is 10.9. The van der Waals surface area contributed by atoms with E-state index in [0.717, 1.165) is 24.1 Å². The van der Waals surface area contributed by atoms with Crippen molar-refractivity contribution in [3.05, 3.63) is 29.7 Å². The second-order valence-corrected chi connectivity index (χ2v) is 4.45. The van der Waals surface area contributed by atoms with E-state index in [0.29, 0.717) is 11.6 Å². The largest absolute Gasteiger partial charge is 0.481 e. The third-order valence-electron chi connectivity index (χ3n) is 3.34. The van der Waals surface area contributed by atoms with E-state index in [2.05, 4.69) is 10.1 Å². The van der Waals surface area contributed by atoms with Crippen molar-refractivity contribution in [3.8, 4) is 0 Å². The van der Waals surface area contributed by atoms with Gasteiger partial charge in [0.05, 0.1) is 12.1 Å². The van der Waals surface area contributed by atoms with Crippen molar-refractivity contribution in [1.29, 1.82) is 0 Å². The Morgan fingerprint density at radius 1 is 1.53 bits per heavy atom. The molecule has 1 N–H and O–H groups in total. The normalized spacial score (nSPS) is 16.0. The maximum absolute atomic E-state index is 10.9. The minimum absolute atomic E-state index is 0.00630. The first kappa shape index (κ1) is 10.3. The topological polar surface area (TPSA) is 67.5 Å². The molecule has 5 heteroatoms. The van der Waals surface area contributed by atoms with Crippen LogP contribution in [0.2, 0.25) is 0 Å². The summed E-state index contributed by atoms with van der Waals surface area (Å²) >= 11 is 0. The number of aliphatic carboxylic acids is 1. The van der Waals surface area contributed by atoms with Crippen LogP contribution in [0.25, 0.3) is 5.65 Å². The number of fused-ring (bicyclic) bond motifs is 1. The number of carbonyl (C=O) groups is 1. The maximum Gasteiger partial charge on any atom is 0.308 e. The molecule has 1 aliphatic rings. The SMILES string of the molecule is O=C(O)Cc1c(C2CCC2)nn2cccnc12. The molecule has 1 aliphatic carbocycles. The fraction of sp³-hybridized carbons (Fsp3) is 0.417. The first-order valence-electron chi connectivity index (χ1n) is 5.79. The van der Waals surface area contributed by atoms with Crippen molar-refractivity contribution in [2.45, 2.75) is 31.6 Å². The lowest BCUT2D eigenvalue weighted by Crippen LogP contribution is -2.13. The number of carboxylic acid groups (broad SMARTS) is 1. The van der Waals surface area contributed by atoms with Crippen molar-refractivity contribution in [1.82, 2.24) is 14.6 Å². The van der Waals surface area contributed by atoms with E-state index in [1.54, 1.807) is 16.8 Å². The summed E-state index contributed by atoms with van der Waals surface area (Å²) in [6, 6.07) is 1.80. The molecule has 88 valence electrons. The van der Waals surface area contributed by atoms with Crippen LogP contribution in [0.15, 0.2) is 18.5 Å². The Morgan fingerprint density at radius 2 is 2.35 bits per heavy atom. The first-order valence-corrected chi connectivity index (χ1v) is 5.79. The molecule has 0 amide bonds. The van der Waals surface area contributed by atoms with Crippen LogP contribution in [0.3, 0.4) is 0 Å². The molecule has 2 heterocycles. The molecule has 0 aromatic carbocycles. The highest BCUT2D eigenvalue weighted by molar-refractivity contribution is 5.74.